The topological polar surface area (TPSA) is 12.9 Å². The van der Waals surface area contributed by atoms with E-state index in [1.165, 1.54) is 44.9 Å². The third kappa shape index (κ3) is 2.63. The molecule has 0 radical (unpaired) electrons. The van der Waals surface area contributed by atoms with E-state index in [0.29, 0.717) is 11.3 Å². The summed E-state index contributed by atoms with van der Waals surface area (Å²) in [5.41, 5.74) is 1.73. The zero-order valence-corrected chi connectivity index (χ0v) is 13.7. The number of hydrogen-bond acceptors (Lipinski definition) is 1. The van der Waals surface area contributed by atoms with Gasteiger partial charge in [0.25, 0.3) is 0 Å². The van der Waals surface area contributed by atoms with Gasteiger partial charge < -0.3 is 0 Å². The third-order valence-corrected chi connectivity index (χ3v) is 7.02. The summed E-state index contributed by atoms with van der Waals surface area (Å²) in [6, 6.07) is 6.19. The normalized spacial score (nSPS) is 40.2. The summed E-state index contributed by atoms with van der Waals surface area (Å²) in [6.45, 7) is 2.25. The number of halogens is 1. The average Bonchev–Trinajstić information content (AvgIpc) is 2.45. The Morgan fingerprint density at radius 2 is 1.76 bits per heavy atom. The highest BCUT2D eigenvalue weighted by atomic mass is 35.5. The summed E-state index contributed by atoms with van der Waals surface area (Å²) >= 11 is 6.86. The van der Waals surface area contributed by atoms with Crippen LogP contribution in [0.5, 0.6) is 0 Å². The maximum absolute atomic E-state index is 6.86. The average molecular weight is 304 g/mol. The smallest absolute Gasteiger partial charge is 0.0446 e. The largest absolute Gasteiger partial charge is 0.261 e. The first-order chi connectivity index (χ1) is 10.1. The number of rotatable bonds is 4. The monoisotopic (exact) mass is 303 g/mol. The van der Waals surface area contributed by atoms with Crippen molar-refractivity contribution in [3.05, 3.63) is 30.1 Å². The fourth-order valence-corrected chi connectivity index (χ4v) is 6.42. The fourth-order valence-electron chi connectivity index (χ4n) is 5.96. The van der Waals surface area contributed by atoms with Crippen LogP contribution in [0, 0.1) is 23.2 Å². The van der Waals surface area contributed by atoms with E-state index in [4.69, 9.17) is 11.6 Å². The molecule has 2 atom stereocenters. The molecule has 2 unspecified atom stereocenters. The van der Waals surface area contributed by atoms with Gasteiger partial charge in [-0.2, -0.15) is 0 Å². The number of pyridine rings is 1. The van der Waals surface area contributed by atoms with Gasteiger partial charge in [-0.25, -0.2) is 0 Å². The Balaban J connectivity index is 1.48. The molecular formula is C19H26ClN. The zero-order chi connectivity index (χ0) is 14.4. The van der Waals surface area contributed by atoms with Gasteiger partial charge >= 0.3 is 0 Å². The number of alkyl halides is 1. The molecule has 1 heterocycles. The molecule has 4 fully saturated rings. The predicted octanol–water partition coefficient (Wildman–Crippen LogP) is 5.40. The van der Waals surface area contributed by atoms with Crippen LogP contribution >= 0.6 is 11.6 Å². The van der Waals surface area contributed by atoms with E-state index in [1.54, 1.807) is 0 Å². The minimum atomic E-state index is 0.233. The van der Waals surface area contributed by atoms with E-state index >= 15 is 0 Å². The molecule has 0 N–H and O–H groups in total. The quantitative estimate of drug-likeness (QED) is 0.679. The Kier molecular flexibility index (Phi) is 3.52. The summed E-state index contributed by atoms with van der Waals surface area (Å²) < 4.78 is 0. The molecule has 5 rings (SSSR count). The SMILES string of the molecule is CC(c1ccccn1)C(Cl)CC12CC3CC(CC(C3)C1)C2. The maximum Gasteiger partial charge on any atom is 0.0446 e. The summed E-state index contributed by atoms with van der Waals surface area (Å²) in [7, 11) is 0. The lowest BCUT2D eigenvalue weighted by atomic mass is 9.48. The highest BCUT2D eigenvalue weighted by Crippen LogP contribution is 2.62. The van der Waals surface area contributed by atoms with Gasteiger partial charge in [-0.05, 0) is 80.2 Å². The molecule has 4 aliphatic carbocycles. The second-order valence-corrected chi connectivity index (χ2v) is 8.74. The van der Waals surface area contributed by atoms with Crippen molar-refractivity contribution in [2.24, 2.45) is 23.2 Å². The molecule has 0 aliphatic heterocycles. The van der Waals surface area contributed by atoms with Crippen molar-refractivity contribution < 1.29 is 0 Å². The van der Waals surface area contributed by atoms with Crippen LogP contribution in [0.4, 0.5) is 0 Å². The maximum atomic E-state index is 6.86. The molecule has 21 heavy (non-hydrogen) atoms. The summed E-state index contributed by atoms with van der Waals surface area (Å²) in [5, 5.41) is 0.233. The lowest BCUT2D eigenvalue weighted by Gasteiger charge is -2.57. The lowest BCUT2D eigenvalue weighted by molar-refractivity contribution is -0.0581. The van der Waals surface area contributed by atoms with Gasteiger partial charge in [0, 0.05) is 23.2 Å². The summed E-state index contributed by atoms with van der Waals surface area (Å²) in [5.74, 6) is 3.42. The molecule has 4 bridgehead atoms. The van der Waals surface area contributed by atoms with E-state index in [1.807, 2.05) is 12.3 Å². The standard InChI is InChI=1S/C19H26ClN/c1-13(18-4-2-3-5-21-18)17(20)12-19-9-14-6-15(10-19)8-16(7-14)11-19/h2-5,13-17H,6-12H2,1H3. The van der Waals surface area contributed by atoms with Crippen molar-refractivity contribution >= 4 is 11.6 Å². The minimum absolute atomic E-state index is 0.233. The fraction of sp³-hybridized carbons (Fsp3) is 0.737. The number of nitrogens with zero attached hydrogens (tertiary/aromatic N) is 1. The minimum Gasteiger partial charge on any atom is -0.261 e. The van der Waals surface area contributed by atoms with Gasteiger partial charge in [0.05, 0.1) is 0 Å². The Morgan fingerprint density at radius 1 is 1.14 bits per heavy atom. The van der Waals surface area contributed by atoms with E-state index in [2.05, 4.69) is 24.0 Å². The molecule has 1 nitrogen and oxygen atoms in total. The van der Waals surface area contributed by atoms with Gasteiger partial charge in [-0.15, -0.1) is 11.6 Å². The Morgan fingerprint density at radius 3 is 2.29 bits per heavy atom. The van der Waals surface area contributed by atoms with Crippen molar-refractivity contribution in [2.75, 3.05) is 0 Å². The van der Waals surface area contributed by atoms with Crippen LogP contribution in [0.2, 0.25) is 0 Å². The Labute approximate surface area is 133 Å². The molecule has 114 valence electrons. The van der Waals surface area contributed by atoms with Crippen LogP contribution in [0.15, 0.2) is 24.4 Å². The van der Waals surface area contributed by atoms with Crippen molar-refractivity contribution in [2.45, 2.75) is 63.2 Å². The molecule has 0 amide bonds. The van der Waals surface area contributed by atoms with E-state index in [9.17, 15) is 0 Å². The van der Waals surface area contributed by atoms with Gasteiger partial charge in [0.15, 0.2) is 0 Å². The lowest BCUT2D eigenvalue weighted by Crippen LogP contribution is -2.47. The first-order valence-electron chi connectivity index (χ1n) is 8.68. The molecule has 0 saturated heterocycles. The van der Waals surface area contributed by atoms with Crippen LogP contribution in [0.1, 0.15) is 63.5 Å². The van der Waals surface area contributed by atoms with Crippen LogP contribution in [-0.2, 0) is 0 Å². The highest BCUT2D eigenvalue weighted by Gasteiger charge is 2.51. The van der Waals surface area contributed by atoms with Gasteiger partial charge in [-0.1, -0.05) is 13.0 Å². The predicted molar refractivity (Wildman–Crippen MR) is 87.5 cm³/mol. The van der Waals surface area contributed by atoms with Crippen molar-refractivity contribution in [1.82, 2.24) is 4.98 Å². The summed E-state index contributed by atoms with van der Waals surface area (Å²) in [4.78, 5) is 4.51. The zero-order valence-electron chi connectivity index (χ0n) is 13.0. The van der Waals surface area contributed by atoms with Crippen LogP contribution < -0.4 is 0 Å². The molecule has 4 aliphatic rings. The first kappa shape index (κ1) is 14.1. The molecule has 1 aromatic heterocycles. The Bertz CT molecular complexity index is 462. The van der Waals surface area contributed by atoms with Crippen LogP contribution in [-0.4, -0.2) is 10.4 Å². The first-order valence-corrected chi connectivity index (χ1v) is 9.12. The van der Waals surface area contributed by atoms with Crippen molar-refractivity contribution in [3.63, 3.8) is 0 Å². The number of aromatic nitrogens is 1. The van der Waals surface area contributed by atoms with E-state index in [0.717, 1.165) is 23.4 Å². The highest BCUT2D eigenvalue weighted by molar-refractivity contribution is 6.21. The molecule has 0 aromatic carbocycles. The van der Waals surface area contributed by atoms with E-state index < -0.39 is 0 Å². The van der Waals surface area contributed by atoms with Crippen molar-refractivity contribution in [1.29, 1.82) is 0 Å². The summed E-state index contributed by atoms with van der Waals surface area (Å²) in [6.07, 6.45) is 12.0. The van der Waals surface area contributed by atoms with Gasteiger partial charge in [0.1, 0.15) is 0 Å². The third-order valence-electron chi connectivity index (χ3n) is 6.49. The Hall–Kier alpha value is -0.560. The molecule has 1 aromatic rings. The molecule has 4 saturated carbocycles. The molecule has 0 spiro atoms. The molecule has 2 heteroatoms. The van der Waals surface area contributed by atoms with E-state index in [-0.39, 0.29) is 5.38 Å². The molecular weight excluding hydrogens is 278 g/mol. The van der Waals surface area contributed by atoms with Gasteiger partial charge in [0.2, 0.25) is 0 Å². The second kappa shape index (κ2) is 5.26. The number of hydrogen-bond donors (Lipinski definition) is 0. The van der Waals surface area contributed by atoms with Crippen molar-refractivity contribution in [3.8, 4) is 0 Å². The van der Waals surface area contributed by atoms with Crippen LogP contribution in [0.25, 0.3) is 0 Å². The van der Waals surface area contributed by atoms with Crippen LogP contribution in [0.3, 0.4) is 0 Å². The van der Waals surface area contributed by atoms with Gasteiger partial charge in [-0.3, -0.25) is 4.98 Å². The second-order valence-electron chi connectivity index (χ2n) is 8.18.